The Bertz CT molecular complexity index is 897. The van der Waals surface area contributed by atoms with Crippen molar-refractivity contribution in [1.82, 2.24) is 9.88 Å². The number of ether oxygens (including phenoxy) is 1. The van der Waals surface area contributed by atoms with Gasteiger partial charge in [-0.1, -0.05) is 18.2 Å². The molecule has 0 N–H and O–H groups in total. The number of hydrogen-bond donors (Lipinski definition) is 0. The van der Waals surface area contributed by atoms with Gasteiger partial charge in [0, 0.05) is 35.1 Å². The molecule has 3 aliphatic rings. The monoisotopic (exact) mass is 314 g/mol. The Balaban J connectivity index is 1.56. The van der Waals surface area contributed by atoms with Crippen molar-refractivity contribution in [3.63, 3.8) is 0 Å². The third-order valence-electron chi connectivity index (χ3n) is 5.31. The average Bonchev–Trinajstić information content (AvgIpc) is 3.29. The molecule has 0 amide bonds. The van der Waals surface area contributed by atoms with Crippen LogP contribution in [0.3, 0.4) is 0 Å². The molecule has 0 radical (unpaired) electrons. The molecule has 1 aromatic heterocycles. The molecule has 3 heterocycles. The lowest BCUT2D eigenvalue weighted by Gasteiger charge is -2.19. The van der Waals surface area contributed by atoms with Gasteiger partial charge in [-0.2, -0.15) is 0 Å². The quantitative estimate of drug-likeness (QED) is 0.854. The van der Waals surface area contributed by atoms with E-state index in [0.29, 0.717) is 6.04 Å². The molecule has 1 fully saturated rings. The summed E-state index contributed by atoms with van der Waals surface area (Å²) >= 11 is 0. The number of pyridine rings is 1. The number of hydrogen-bond acceptors (Lipinski definition) is 3. The first-order valence-electron chi connectivity index (χ1n) is 8.28. The summed E-state index contributed by atoms with van der Waals surface area (Å²) in [6.07, 6.45) is 14.0. The van der Waals surface area contributed by atoms with Crippen molar-refractivity contribution >= 4 is 0 Å². The van der Waals surface area contributed by atoms with Crippen LogP contribution in [0, 0.1) is 0 Å². The van der Waals surface area contributed by atoms with E-state index in [-0.39, 0.29) is 5.41 Å². The molecule has 2 atom stereocenters. The standard InChI is InChI=1S/C21H18N2O/c1-24-19-12-15(8-9-17(19)18-7-2-4-10-22-18)21-13-16-6-3-5-11-23(16)20(21)14-21/h2-13,20H,14H2,1H3. The van der Waals surface area contributed by atoms with Gasteiger partial charge in [-0.3, -0.25) is 4.98 Å². The van der Waals surface area contributed by atoms with Gasteiger partial charge in [-0.05, 0) is 54.5 Å². The Hall–Kier alpha value is -2.81. The minimum atomic E-state index is 0.129. The molecule has 1 aromatic carbocycles. The largest absolute Gasteiger partial charge is 0.496 e. The van der Waals surface area contributed by atoms with Gasteiger partial charge in [0.05, 0.1) is 12.8 Å². The van der Waals surface area contributed by atoms with Crippen molar-refractivity contribution in [2.45, 2.75) is 17.9 Å². The van der Waals surface area contributed by atoms with Gasteiger partial charge in [0.2, 0.25) is 0 Å². The summed E-state index contributed by atoms with van der Waals surface area (Å²) in [5, 5.41) is 0. The highest BCUT2D eigenvalue weighted by Crippen LogP contribution is 2.59. The van der Waals surface area contributed by atoms with Crippen LogP contribution in [0.25, 0.3) is 11.3 Å². The van der Waals surface area contributed by atoms with Crippen molar-refractivity contribution in [2.24, 2.45) is 0 Å². The summed E-state index contributed by atoms with van der Waals surface area (Å²) in [6.45, 7) is 0. The van der Waals surface area contributed by atoms with Crippen molar-refractivity contribution in [3.05, 3.63) is 84.4 Å². The predicted molar refractivity (Wildman–Crippen MR) is 94.5 cm³/mol. The molecule has 0 saturated heterocycles. The summed E-state index contributed by atoms with van der Waals surface area (Å²) in [7, 11) is 1.73. The van der Waals surface area contributed by atoms with Crippen LogP contribution in [0.2, 0.25) is 0 Å². The first-order chi connectivity index (χ1) is 11.8. The number of rotatable bonds is 3. The molecule has 1 aliphatic carbocycles. The molecule has 3 heteroatoms. The Labute approximate surface area is 141 Å². The van der Waals surface area contributed by atoms with E-state index < -0.39 is 0 Å². The molecule has 5 rings (SSSR count). The van der Waals surface area contributed by atoms with E-state index in [1.807, 2.05) is 24.4 Å². The van der Waals surface area contributed by atoms with Crippen LogP contribution >= 0.6 is 0 Å². The van der Waals surface area contributed by atoms with E-state index in [1.54, 1.807) is 7.11 Å². The molecule has 118 valence electrons. The third-order valence-corrected chi connectivity index (χ3v) is 5.31. The molecular formula is C21H18N2O. The average molecular weight is 314 g/mol. The Morgan fingerprint density at radius 3 is 2.96 bits per heavy atom. The third kappa shape index (κ3) is 1.81. The van der Waals surface area contributed by atoms with Crippen LogP contribution in [-0.4, -0.2) is 23.0 Å². The normalized spacial score (nSPS) is 26.0. The zero-order chi connectivity index (χ0) is 16.1. The molecule has 0 bridgehead atoms. The topological polar surface area (TPSA) is 25.4 Å². The lowest BCUT2D eigenvalue weighted by atomic mass is 9.93. The minimum absolute atomic E-state index is 0.129. The van der Waals surface area contributed by atoms with Crippen LogP contribution < -0.4 is 4.74 Å². The van der Waals surface area contributed by atoms with Crippen LogP contribution in [0.1, 0.15) is 12.0 Å². The van der Waals surface area contributed by atoms with Crippen LogP contribution in [0.4, 0.5) is 0 Å². The van der Waals surface area contributed by atoms with Crippen LogP contribution in [0.5, 0.6) is 5.75 Å². The summed E-state index contributed by atoms with van der Waals surface area (Å²) in [5.74, 6) is 0.889. The van der Waals surface area contributed by atoms with Crippen molar-refractivity contribution in [3.8, 4) is 17.0 Å². The van der Waals surface area contributed by atoms with Gasteiger partial charge in [0.15, 0.2) is 0 Å². The van der Waals surface area contributed by atoms with Gasteiger partial charge >= 0.3 is 0 Å². The molecule has 3 nitrogen and oxygen atoms in total. The molecule has 24 heavy (non-hydrogen) atoms. The molecule has 2 aliphatic heterocycles. The van der Waals surface area contributed by atoms with Crippen molar-refractivity contribution in [1.29, 1.82) is 0 Å². The first kappa shape index (κ1) is 13.6. The van der Waals surface area contributed by atoms with Crippen molar-refractivity contribution < 1.29 is 4.74 Å². The number of fused-ring (bicyclic) bond motifs is 3. The molecule has 1 saturated carbocycles. The second-order valence-corrected chi connectivity index (χ2v) is 6.57. The highest BCUT2D eigenvalue weighted by Gasteiger charge is 2.61. The van der Waals surface area contributed by atoms with Crippen LogP contribution in [-0.2, 0) is 5.41 Å². The lowest BCUT2D eigenvalue weighted by molar-refractivity contribution is 0.415. The Kier molecular flexibility index (Phi) is 2.75. The van der Waals surface area contributed by atoms with E-state index in [2.05, 4.69) is 58.6 Å². The second-order valence-electron chi connectivity index (χ2n) is 6.57. The summed E-state index contributed by atoms with van der Waals surface area (Å²) in [6, 6.07) is 13.1. The summed E-state index contributed by atoms with van der Waals surface area (Å²) in [4.78, 5) is 6.84. The van der Waals surface area contributed by atoms with Crippen LogP contribution in [0.15, 0.2) is 78.8 Å². The first-order valence-corrected chi connectivity index (χ1v) is 8.28. The molecule has 2 unspecified atom stereocenters. The summed E-state index contributed by atoms with van der Waals surface area (Å²) in [5.41, 5.74) is 4.75. The van der Waals surface area contributed by atoms with E-state index >= 15 is 0 Å². The highest BCUT2D eigenvalue weighted by atomic mass is 16.5. The second kappa shape index (κ2) is 4.84. The predicted octanol–water partition coefficient (Wildman–Crippen LogP) is 4.05. The summed E-state index contributed by atoms with van der Waals surface area (Å²) < 4.78 is 5.68. The zero-order valence-corrected chi connectivity index (χ0v) is 13.5. The Morgan fingerprint density at radius 1 is 1.21 bits per heavy atom. The zero-order valence-electron chi connectivity index (χ0n) is 13.5. The van der Waals surface area contributed by atoms with E-state index in [9.17, 15) is 0 Å². The molecular weight excluding hydrogens is 296 g/mol. The maximum atomic E-state index is 5.68. The number of benzene rings is 1. The fraction of sp³-hybridized carbons (Fsp3) is 0.190. The van der Waals surface area contributed by atoms with Gasteiger partial charge in [-0.15, -0.1) is 0 Å². The molecule has 2 aromatic rings. The van der Waals surface area contributed by atoms with E-state index in [0.717, 1.165) is 17.0 Å². The highest BCUT2D eigenvalue weighted by molar-refractivity contribution is 5.69. The lowest BCUT2D eigenvalue weighted by Crippen LogP contribution is -2.18. The maximum Gasteiger partial charge on any atom is 0.128 e. The number of nitrogens with zero attached hydrogens (tertiary/aromatic N) is 2. The van der Waals surface area contributed by atoms with E-state index in [1.165, 1.54) is 17.7 Å². The molecule has 0 spiro atoms. The van der Waals surface area contributed by atoms with Gasteiger partial charge < -0.3 is 9.64 Å². The van der Waals surface area contributed by atoms with E-state index in [4.69, 9.17) is 4.74 Å². The SMILES string of the molecule is COc1cc(C23C=C4C=CC=CN4C2C3)ccc1-c1ccccn1. The fourth-order valence-electron chi connectivity index (χ4n) is 4.01. The van der Waals surface area contributed by atoms with Crippen molar-refractivity contribution in [2.75, 3.05) is 7.11 Å². The number of allylic oxidation sites excluding steroid dienone is 3. The number of aromatic nitrogens is 1. The van der Waals surface area contributed by atoms with Gasteiger partial charge in [0.1, 0.15) is 5.75 Å². The maximum absolute atomic E-state index is 5.68. The number of methoxy groups -OCH3 is 1. The smallest absolute Gasteiger partial charge is 0.128 e. The fourth-order valence-corrected chi connectivity index (χ4v) is 4.01. The minimum Gasteiger partial charge on any atom is -0.496 e. The Morgan fingerprint density at radius 2 is 2.17 bits per heavy atom. The van der Waals surface area contributed by atoms with Gasteiger partial charge in [-0.25, -0.2) is 0 Å². The van der Waals surface area contributed by atoms with Gasteiger partial charge in [0.25, 0.3) is 0 Å².